The molecule has 5 rings (SSSR count). The number of halogens is 1. The van der Waals surface area contributed by atoms with Gasteiger partial charge in [0.05, 0.1) is 11.8 Å². The maximum absolute atomic E-state index is 12.9. The number of nitrogens with zero attached hydrogens (tertiary/aromatic N) is 1. The first-order chi connectivity index (χ1) is 16.0. The van der Waals surface area contributed by atoms with Crippen molar-refractivity contribution in [2.75, 3.05) is 13.1 Å². The van der Waals surface area contributed by atoms with Crippen LogP contribution in [-0.4, -0.2) is 40.7 Å². The van der Waals surface area contributed by atoms with Crippen molar-refractivity contribution in [1.82, 2.24) is 15.2 Å². The van der Waals surface area contributed by atoms with E-state index in [2.05, 4.69) is 10.3 Å². The Balaban J connectivity index is 1.35. The molecule has 170 valence electrons. The third kappa shape index (κ3) is 4.04. The molecule has 7 heteroatoms. The molecule has 1 aliphatic carbocycles. The van der Waals surface area contributed by atoms with Crippen molar-refractivity contribution < 1.29 is 14.4 Å². The quantitative estimate of drug-likeness (QED) is 0.536. The predicted octanol–water partition coefficient (Wildman–Crippen LogP) is 4.24. The first-order valence-corrected chi connectivity index (χ1v) is 11.8. The Labute approximate surface area is 197 Å². The first-order valence-electron chi connectivity index (χ1n) is 11.5. The number of amides is 3. The maximum atomic E-state index is 12.9. The lowest BCUT2D eigenvalue weighted by Crippen LogP contribution is -2.42. The Bertz CT molecular complexity index is 1200. The van der Waals surface area contributed by atoms with E-state index in [1.165, 1.54) is 0 Å². The van der Waals surface area contributed by atoms with Crippen LogP contribution in [0.4, 0.5) is 0 Å². The number of nitrogens with one attached hydrogen (secondary N) is 2. The number of carbonyl (C=O) groups is 3. The van der Waals surface area contributed by atoms with Crippen molar-refractivity contribution >= 4 is 40.2 Å². The summed E-state index contributed by atoms with van der Waals surface area (Å²) < 4.78 is 0. The third-order valence-corrected chi connectivity index (χ3v) is 7.36. The molecule has 3 amide bonds. The van der Waals surface area contributed by atoms with Crippen LogP contribution in [0.15, 0.2) is 54.7 Å². The van der Waals surface area contributed by atoms with E-state index < -0.39 is 0 Å². The number of fused-ring (bicyclic) bond motifs is 2. The summed E-state index contributed by atoms with van der Waals surface area (Å²) in [4.78, 5) is 42.8. The van der Waals surface area contributed by atoms with Gasteiger partial charge in [-0.05, 0) is 36.1 Å². The molecule has 2 fully saturated rings. The van der Waals surface area contributed by atoms with Gasteiger partial charge in [0.2, 0.25) is 17.7 Å². The minimum atomic E-state index is -0.341. The van der Waals surface area contributed by atoms with Gasteiger partial charge < -0.3 is 10.3 Å². The highest BCUT2D eigenvalue weighted by Crippen LogP contribution is 2.38. The monoisotopic (exact) mass is 463 g/mol. The number of hydrogen-bond donors (Lipinski definition) is 2. The van der Waals surface area contributed by atoms with Crippen LogP contribution in [0.1, 0.15) is 42.7 Å². The topological polar surface area (TPSA) is 82.3 Å². The number of para-hydroxylation sites is 1. The number of aromatic amines is 1. The number of hydrogen-bond acceptors (Lipinski definition) is 3. The predicted molar refractivity (Wildman–Crippen MR) is 127 cm³/mol. The van der Waals surface area contributed by atoms with Crippen molar-refractivity contribution in [1.29, 1.82) is 0 Å². The minimum absolute atomic E-state index is 0.189. The molecule has 6 nitrogen and oxygen atoms in total. The van der Waals surface area contributed by atoms with E-state index in [9.17, 15) is 14.4 Å². The molecule has 0 bridgehead atoms. The smallest absolute Gasteiger partial charge is 0.240 e. The van der Waals surface area contributed by atoms with Gasteiger partial charge in [0, 0.05) is 34.6 Å². The molecule has 33 heavy (non-hydrogen) atoms. The second-order valence-electron chi connectivity index (χ2n) is 8.93. The number of rotatable bonds is 6. The Kier molecular flexibility index (Phi) is 5.94. The minimum Gasteiger partial charge on any atom is -0.361 e. The summed E-state index contributed by atoms with van der Waals surface area (Å²) in [6.45, 7) is 0.0707. The Hall–Kier alpha value is -3.12. The molecular weight excluding hydrogens is 438 g/mol. The van der Waals surface area contributed by atoms with E-state index in [0.717, 1.165) is 52.6 Å². The van der Waals surface area contributed by atoms with Crippen LogP contribution < -0.4 is 5.32 Å². The van der Waals surface area contributed by atoms with Gasteiger partial charge in [-0.25, -0.2) is 0 Å². The van der Waals surface area contributed by atoms with Gasteiger partial charge in [0.1, 0.15) is 6.54 Å². The van der Waals surface area contributed by atoms with Crippen LogP contribution in [0, 0.1) is 11.8 Å². The molecule has 2 aliphatic rings. The molecule has 2 N–H and O–H groups in total. The van der Waals surface area contributed by atoms with Gasteiger partial charge in [-0.3, -0.25) is 19.3 Å². The zero-order valence-corrected chi connectivity index (χ0v) is 19.0. The van der Waals surface area contributed by atoms with E-state index in [4.69, 9.17) is 11.6 Å². The van der Waals surface area contributed by atoms with E-state index in [1.807, 2.05) is 54.7 Å². The number of benzene rings is 2. The summed E-state index contributed by atoms with van der Waals surface area (Å²) in [5.41, 5.74) is 2.94. The molecule has 0 radical (unpaired) electrons. The highest BCUT2D eigenvalue weighted by molar-refractivity contribution is 6.31. The first kappa shape index (κ1) is 21.7. The zero-order valence-electron chi connectivity index (χ0n) is 18.2. The van der Waals surface area contributed by atoms with Gasteiger partial charge >= 0.3 is 0 Å². The fraction of sp³-hybridized carbons (Fsp3) is 0.346. The van der Waals surface area contributed by atoms with Crippen molar-refractivity contribution in [2.45, 2.75) is 31.6 Å². The average Bonchev–Trinajstić information content (AvgIpc) is 3.36. The summed E-state index contributed by atoms with van der Waals surface area (Å²) >= 11 is 6.53. The van der Waals surface area contributed by atoms with Crippen molar-refractivity contribution in [2.24, 2.45) is 11.8 Å². The molecular formula is C26H26ClN3O3. The summed E-state index contributed by atoms with van der Waals surface area (Å²) in [6, 6.07) is 15.6. The number of likely N-dealkylation sites (tertiary alicyclic amines) is 1. The lowest BCUT2D eigenvalue weighted by molar-refractivity contribution is -0.143. The van der Waals surface area contributed by atoms with Crippen LogP contribution in [0.25, 0.3) is 10.9 Å². The van der Waals surface area contributed by atoms with E-state index in [1.54, 1.807) is 0 Å². The number of carbonyl (C=O) groups excluding carboxylic acids is 3. The molecule has 3 atom stereocenters. The maximum Gasteiger partial charge on any atom is 0.240 e. The van der Waals surface area contributed by atoms with Crippen LogP contribution in [-0.2, 0) is 14.4 Å². The summed E-state index contributed by atoms with van der Waals surface area (Å²) in [5, 5.41) is 4.64. The number of imide groups is 1. The second kappa shape index (κ2) is 9.02. The van der Waals surface area contributed by atoms with Crippen molar-refractivity contribution in [3.05, 3.63) is 70.9 Å². The van der Waals surface area contributed by atoms with Gasteiger partial charge in [-0.15, -0.1) is 0 Å². The molecule has 1 saturated carbocycles. The van der Waals surface area contributed by atoms with E-state index >= 15 is 0 Å². The Morgan fingerprint density at radius 3 is 2.39 bits per heavy atom. The molecule has 0 spiro atoms. The molecule has 1 saturated heterocycles. The number of H-pyrrole nitrogens is 1. The van der Waals surface area contributed by atoms with Crippen LogP contribution in [0.5, 0.6) is 0 Å². The van der Waals surface area contributed by atoms with Crippen LogP contribution in [0.2, 0.25) is 5.02 Å². The second-order valence-corrected chi connectivity index (χ2v) is 9.34. The largest absolute Gasteiger partial charge is 0.361 e. The lowest BCUT2D eigenvalue weighted by Gasteiger charge is -2.20. The molecule has 2 heterocycles. The van der Waals surface area contributed by atoms with Gasteiger partial charge in [0.15, 0.2) is 0 Å². The Morgan fingerprint density at radius 2 is 1.67 bits per heavy atom. The fourth-order valence-electron chi connectivity index (χ4n) is 5.33. The summed E-state index contributed by atoms with van der Waals surface area (Å²) in [5.74, 6) is -1.42. The summed E-state index contributed by atoms with van der Waals surface area (Å²) in [6.07, 6.45) is 5.35. The molecule has 3 aromatic rings. The fourth-order valence-corrected chi connectivity index (χ4v) is 5.60. The van der Waals surface area contributed by atoms with Gasteiger partial charge in [-0.1, -0.05) is 60.8 Å². The zero-order chi connectivity index (χ0) is 22.9. The van der Waals surface area contributed by atoms with Crippen LogP contribution >= 0.6 is 11.6 Å². The molecule has 1 aliphatic heterocycles. The molecule has 1 aromatic heterocycles. The SMILES string of the molecule is O=C(CN1C(=O)[C@@H]2CCCC[C@H]2C1=O)NC[C@H](c1ccccc1Cl)c1c[nH]c2ccccc12. The lowest BCUT2D eigenvalue weighted by atomic mass is 9.81. The molecule has 0 unspecified atom stereocenters. The molecule has 2 aromatic carbocycles. The van der Waals surface area contributed by atoms with E-state index in [0.29, 0.717) is 11.6 Å². The summed E-state index contributed by atoms with van der Waals surface area (Å²) in [7, 11) is 0. The Morgan fingerprint density at radius 1 is 1.00 bits per heavy atom. The van der Waals surface area contributed by atoms with Gasteiger partial charge in [0.25, 0.3) is 0 Å². The van der Waals surface area contributed by atoms with Gasteiger partial charge in [-0.2, -0.15) is 0 Å². The highest BCUT2D eigenvalue weighted by Gasteiger charge is 2.48. The normalized spacial score (nSPS) is 21.3. The third-order valence-electron chi connectivity index (χ3n) is 7.01. The van der Waals surface area contributed by atoms with Crippen molar-refractivity contribution in [3.8, 4) is 0 Å². The van der Waals surface area contributed by atoms with Crippen molar-refractivity contribution in [3.63, 3.8) is 0 Å². The highest BCUT2D eigenvalue weighted by atomic mass is 35.5. The van der Waals surface area contributed by atoms with E-state index in [-0.39, 0.29) is 42.0 Å². The average molecular weight is 464 g/mol. The standard InChI is InChI=1S/C26H26ClN3O3/c27-22-11-5-3-7-16(22)20(21-13-28-23-12-6-4-8-17(21)23)14-29-24(31)15-30-25(32)18-9-1-2-10-19(18)26(30)33/h3-8,11-13,18-20,28H,1-2,9-10,14-15H2,(H,29,31)/t18-,19-,20-/m1/s1. The number of aromatic nitrogens is 1. The van der Waals surface area contributed by atoms with Crippen LogP contribution in [0.3, 0.4) is 0 Å².